The largest absolute Gasteiger partial charge is 0.354 e. The second-order valence-corrected chi connectivity index (χ2v) is 7.91. The number of halogens is 1. The number of anilines is 1. The van der Waals surface area contributed by atoms with Crippen LogP contribution in [0.25, 0.3) is 0 Å². The number of hydrogen-bond acceptors (Lipinski definition) is 5. The highest BCUT2D eigenvalue weighted by Gasteiger charge is 2.29. The molecule has 0 amide bonds. The van der Waals surface area contributed by atoms with Gasteiger partial charge in [-0.15, -0.1) is 0 Å². The second kappa shape index (κ2) is 4.73. The maximum absolute atomic E-state index is 12.4. The van der Waals surface area contributed by atoms with Crippen molar-refractivity contribution >= 4 is 25.5 Å². The van der Waals surface area contributed by atoms with E-state index in [2.05, 4.69) is 4.72 Å². The molecule has 106 valence electrons. The van der Waals surface area contributed by atoms with Gasteiger partial charge in [0.05, 0.1) is 17.3 Å². The van der Waals surface area contributed by atoms with Gasteiger partial charge in [0.2, 0.25) is 10.0 Å². The van der Waals surface area contributed by atoms with Crippen LogP contribution >= 0.6 is 0 Å². The maximum Gasteiger partial charge on any atom is 0.244 e. The van der Waals surface area contributed by atoms with Crippen molar-refractivity contribution in [2.24, 2.45) is 0 Å². The first-order valence-electron chi connectivity index (χ1n) is 5.40. The molecule has 2 rings (SSSR count). The Kier molecular flexibility index (Phi) is 3.54. The molecular weight excluding hydrogens is 295 g/mol. The monoisotopic (exact) mass is 308 g/mol. The molecule has 0 fully saturated rings. The van der Waals surface area contributed by atoms with Gasteiger partial charge in [-0.05, 0) is 18.2 Å². The van der Waals surface area contributed by atoms with Crippen LogP contribution < -0.4 is 9.62 Å². The summed E-state index contributed by atoms with van der Waals surface area (Å²) < 4.78 is 61.3. The Bertz CT molecular complexity index is 700. The molecule has 1 aliphatic rings. The molecule has 6 nitrogen and oxygen atoms in total. The molecule has 1 heterocycles. The molecule has 19 heavy (non-hydrogen) atoms. The minimum absolute atomic E-state index is 0.0303. The van der Waals surface area contributed by atoms with Crippen LogP contribution in [0, 0.1) is 0 Å². The highest BCUT2D eigenvalue weighted by molar-refractivity contribution is 7.91. The molecular formula is C10H13FN2O4S2. The summed E-state index contributed by atoms with van der Waals surface area (Å²) in [5.41, 5.74) is 0.309. The Hall–Kier alpha value is -1.19. The summed E-state index contributed by atoms with van der Waals surface area (Å²) in [5.74, 6) is 0. The summed E-state index contributed by atoms with van der Waals surface area (Å²) in [6.07, 6.45) is 0.997. The zero-order valence-corrected chi connectivity index (χ0v) is 11.8. The van der Waals surface area contributed by atoms with Crippen LogP contribution in [0.4, 0.5) is 10.1 Å². The standard InChI is InChI=1S/C10H13FN2O4S2/c1-18(14,15)8-2-3-9-10(6-8)19(16,17)12-7-13(9)5-4-11/h2-3,6,12H,4-5,7H2,1H3. The van der Waals surface area contributed by atoms with Crippen LogP contribution in [-0.4, -0.2) is 43.0 Å². The van der Waals surface area contributed by atoms with Crippen molar-refractivity contribution in [3.63, 3.8) is 0 Å². The molecule has 1 aromatic rings. The van der Waals surface area contributed by atoms with Crippen molar-refractivity contribution < 1.29 is 21.2 Å². The molecule has 0 atom stereocenters. The van der Waals surface area contributed by atoms with E-state index in [0.717, 1.165) is 12.3 Å². The van der Waals surface area contributed by atoms with Crippen molar-refractivity contribution in [2.75, 3.05) is 31.0 Å². The molecule has 0 saturated heterocycles. The second-order valence-electron chi connectivity index (χ2n) is 4.16. The minimum atomic E-state index is -3.75. The van der Waals surface area contributed by atoms with Crippen molar-refractivity contribution in [1.82, 2.24) is 4.72 Å². The SMILES string of the molecule is CS(=O)(=O)c1ccc2c(c1)S(=O)(=O)NCN2CCF. The third-order valence-corrected chi connectivity index (χ3v) is 5.31. The first-order valence-corrected chi connectivity index (χ1v) is 8.78. The van der Waals surface area contributed by atoms with Gasteiger partial charge in [0.1, 0.15) is 11.6 Å². The Balaban J connectivity index is 2.62. The van der Waals surface area contributed by atoms with Gasteiger partial charge in [0.25, 0.3) is 0 Å². The van der Waals surface area contributed by atoms with E-state index in [1.54, 1.807) is 0 Å². The van der Waals surface area contributed by atoms with E-state index in [4.69, 9.17) is 0 Å². The predicted octanol–water partition coefficient (Wildman–Crippen LogP) is 0.115. The van der Waals surface area contributed by atoms with Crippen LogP contribution in [0.15, 0.2) is 28.0 Å². The molecule has 1 aromatic carbocycles. The predicted molar refractivity (Wildman–Crippen MR) is 68.1 cm³/mol. The lowest BCUT2D eigenvalue weighted by Gasteiger charge is -2.30. The lowest BCUT2D eigenvalue weighted by atomic mass is 10.3. The van der Waals surface area contributed by atoms with Crippen molar-refractivity contribution in [3.05, 3.63) is 18.2 Å². The lowest BCUT2D eigenvalue weighted by molar-refractivity contribution is 0.483. The van der Waals surface area contributed by atoms with Gasteiger partial charge in [-0.2, -0.15) is 4.72 Å². The number of benzene rings is 1. The highest BCUT2D eigenvalue weighted by atomic mass is 32.2. The normalized spacial score (nSPS) is 18.1. The average molecular weight is 308 g/mol. The van der Waals surface area contributed by atoms with Crippen molar-refractivity contribution in [3.8, 4) is 0 Å². The molecule has 1 N–H and O–H groups in total. The smallest absolute Gasteiger partial charge is 0.244 e. The van der Waals surface area contributed by atoms with Crippen LogP contribution in [0.3, 0.4) is 0 Å². The van der Waals surface area contributed by atoms with Gasteiger partial charge in [-0.25, -0.2) is 21.2 Å². The minimum Gasteiger partial charge on any atom is -0.354 e. The van der Waals surface area contributed by atoms with Crippen molar-refractivity contribution in [1.29, 1.82) is 0 Å². The molecule has 0 aliphatic carbocycles. The van der Waals surface area contributed by atoms with E-state index in [1.807, 2.05) is 0 Å². The molecule has 0 spiro atoms. The van der Waals surface area contributed by atoms with Crippen LogP contribution in [0.5, 0.6) is 0 Å². The van der Waals surface area contributed by atoms with E-state index in [9.17, 15) is 21.2 Å². The fourth-order valence-electron chi connectivity index (χ4n) is 1.83. The van der Waals surface area contributed by atoms with E-state index < -0.39 is 26.5 Å². The number of nitrogens with zero attached hydrogens (tertiary/aromatic N) is 1. The molecule has 0 saturated carbocycles. The number of sulfone groups is 1. The fourth-order valence-corrected chi connectivity index (χ4v) is 3.79. The van der Waals surface area contributed by atoms with Gasteiger partial charge in [0, 0.05) is 12.8 Å². The lowest BCUT2D eigenvalue weighted by Crippen LogP contribution is -2.44. The number of rotatable bonds is 3. The van der Waals surface area contributed by atoms with Crippen molar-refractivity contribution in [2.45, 2.75) is 9.79 Å². The summed E-state index contributed by atoms with van der Waals surface area (Å²) in [4.78, 5) is 1.27. The Morgan fingerprint density at radius 1 is 1.42 bits per heavy atom. The number of fused-ring (bicyclic) bond motifs is 1. The number of sulfonamides is 1. The Morgan fingerprint density at radius 3 is 2.68 bits per heavy atom. The van der Waals surface area contributed by atoms with Gasteiger partial charge in [0.15, 0.2) is 9.84 Å². The van der Waals surface area contributed by atoms with E-state index in [0.29, 0.717) is 5.69 Å². The van der Waals surface area contributed by atoms with Crippen LogP contribution in [-0.2, 0) is 19.9 Å². The van der Waals surface area contributed by atoms with Gasteiger partial charge < -0.3 is 4.90 Å². The maximum atomic E-state index is 12.4. The third kappa shape index (κ3) is 2.72. The zero-order valence-electron chi connectivity index (χ0n) is 10.1. The molecule has 1 aliphatic heterocycles. The molecule has 0 radical (unpaired) electrons. The number of hydrogen-bond donors (Lipinski definition) is 1. The van der Waals surface area contributed by atoms with E-state index in [-0.39, 0.29) is 23.0 Å². The highest BCUT2D eigenvalue weighted by Crippen LogP contribution is 2.30. The number of alkyl halides is 1. The van der Waals surface area contributed by atoms with Gasteiger partial charge in [-0.1, -0.05) is 0 Å². The molecule has 9 heteroatoms. The molecule has 0 unspecified atom stereocenters. The summed E-state index contributed by atoms with van der Waals surface area (Å²) >= 11 is 0. The van der Waals surface area contributed by atoms with E-state index >= 15 is 0 Å². The average Bonchev–Trinajstić information content (AvgIpc) is 2.32. The zero-order chi connectivity index (χ0) is 14.3. The van der Waals surface area contributed by atoms with Crippen LogP contribution in [0.1, 0.15) is 0 Å². The Morgan fingerprint density at radius 2 is 2.11 bits per heavy atom. The van der Waals surface area contributed by atoms with E-state index in [1.165, 1.54) is 17.0 Å². The third-order valence-electron chi connectivity index (χ3n) is 2.79. The number of nitrogens with one attached hydrogen (secondary N) is 1. The summed E-state index contributed by atoms with van der Waals surface area (Å²) in [6.45, 7) is -0.625. The summed E-state index contributed by atoms with van der Waals surface area (Å²) in [7, 11) is -7.26. The molecule has 0 aromatic heterocycles. The van der Waals surface area contributed by atoms with Crippen LogP contribution in [0.2, 0.25) is 0 Å². The topological polar surface area (TPSA) is 83.5 Å². The summed E-state index contributed by atoms with van der Waals surface area (Å²) in [6, 6.07) is 3.80. The fraction of sp³-hybridized carbons (Fsp3) is 0.400. The Labute approximate surface area is 111 Å². The quantitative estimate of drug-likeness (QED) is 0.857. The first-order chi connectivity index (χ1) is 8.75. The van der Waals surface area contributed by atoms with Gasteiger partial charge in [-0.3, -0.25) is 0 Å². The molecule has 0 bridgehead atoms. The first kappa shape index (κ1) is 14.2. The summed E-state index contributed by atoms with van der Waals surface area (Å²) in [5, 5.41) is 0. The van der Waals surface area contributed by atoms with Gasteiger partial charge >= 0.3 is 0 Å².